The summed E-state index contributed by atoms with van der Waals surface area (Å²) in [5.41, 5.74) is -0.783. The van der Waals surface area contributed by atoms with E-state index >= 15 is 0 Å². The molecular weight excluding hydrogens is 186 g/mol. The van der Waals surface area contributed by atoms with Crippen LogP contribution in [0.4, 0.5) is 0 Å². The highest BCUT2D eigenvalue weighted by Gasteiger charge is 2.67. The van der Waals surface area contributed by atoms with E-state index in [1.807, 2.05) is 13.8 Å². The molecule has 0 N–H and O–H groups in total. The Morgan fingerprint density at radius 2 is 2.07 bits per heavy atom. The molecule has 0 bridgehead atoms. The van der Waals surface area contributed by atoms with Crippen LogP contribution in [0.1, 0.15) is 27.2 Å². The minimum absolute atomic E-state index is 0.0132. The van der Waals surface area contributed by atoms with Gasteiger partial charge in [0.05, 0.1) is 18.6 Å². The number of nitro groups is 1. The van der Waals surface area contributed by atoms with Crippen molar-refractivity contribution in [3.63, 3.8) is 0 Å². The van der Waals surface area contributed by atoms with E-state index in [1.54, 1.807) is 6.92 Å². The number of ether oxygens (including phenoxy) is 2. The van der Waals surface area contributed by atoms with Crippen molar-refractivity contribution in [3.8, 4) is 0 Å². The van der Waals surface area contributed by atoms with Crippen LogP contribution in [0.3, 0.4) is 0 Å². The maximum Gasteiger partial charge on any atom is 0.225 e. The molecular formula is C9H15NO4. The highest BCUT2D eigenvalue weighted by Crippen LogP contribution is 2.51. The Balaban J connectivity index is 1.98. The summed E-state index contributed by atoms with van der Waals surface area (Å²) in [6.07, 6.45) is 0.491. The zero-order valence-electron chi connectivity index (χ0n) is 8.65. The summed E-state index contributed by atoms with van der Waals surface area (Å²) in [5.74, 6) is -0.565. The Hall–Kier alpha value is -0.680. The number of hydrogen-bond acceptors (Lipinski definition) is 4. The summed E-state index contributed by atoms with van der Waals surface area (Å²) < 4.78 is 11.0. The summed E-state index contributed by atoms with van der Waals surface area (Å²) in [5, 5.41) is 10.7. The third-order valence-electron chi connectivity index (χ3n) is 3.17. The van der Waals surface area contributed by atoms with E-state index in [0.29, 0.717) is 13.0 Å². The quantitative estimate of drug-likeness (QED) is 0.497. The Kier molecular flexibility index (Phi) is 1.88. The van der Waals surface area contributed by atoms with Gasteiger partial charge in [-0.05, 0) is 13.8 Å². The highest BCUT2D eigenvalue weighted by molar-refractivity contribution is 5.05. The topological polar surface area (TPSA) is 61.6 Å². The van der Waals surface area contributed by atoms with Gasteiger partial charge in [-0.3, -0.25) is 10.1 Å². The molecule has 1 saturated heterocycles. The first-order chi connectivity index (χ1) is 6.35. The third-order valence-corrected chi connectivity index (χ3v) is 3.17. The van der Waals surface area contributed by atoms with Crippen molar-refractivity contribution in [3.05, 3.63) is 10.1 Å². The van der Waals surface area contributed by atoms with Crippen LogP contribution in [0, 0.1) is 16.0 Å². The van der Waals surface area contributed by atoms with E-state index in [9.17, 15) is 10.1 Å². The van der Waals surface area contributed by atoms with Crippen LogP contribution in [-0.4, -0.2) is 29.0 Å². The van der Waals surface area contributed by atoms with Gasteiger partial charge in [0, 0.05) is 18.3 Å². The first-order valence-corrected chi connectivity index (χ1v) is 4.81. The molecule has 0 unspecified atom stereocenters. The molecule has 0 aromatic carbocycles. The normalized spacial score (nSPS) is 45.1. The van der Waals surface area contributed by atoms with Crippen molar-refractivity contribution in [1.82, 2.24) is 0 Å². The predicted octanol–water partition coefficient (Wildman–Crippen LogP) is 1.19. The van der Waals surface area contributed by atoms with E-state index in [1.165, 1.54) is 0 Å². The molecule has 0 amide bonds. The SMILES string of the molecule is CC1(C)OC[C@H]([C@@H]2C[C@@]2(C)[N+](=O)[O-])O1. The van der Waals surface area contributed by atoms with Gasteiger partial charge in [-0.1, -0.05) is 0 Å². The monoisotopic (exact) mass is 201 g/mol. The van der Waals surface area contributed by atoms with Crippen LogP contribution >= 0.6 is 0 Å². The summed E-state index contributed by atoms with van der Waals surface area (Å²) >= 11 is 0. The third kappa shape index (κ3) is 1.40. The molecule has 2 rings (SSSR count). The second-order valence-corrected chi connectivity index (χ2v) is 4.79. The van der Waals surface area contributed by atoms with Gasteiger partial charge >= 0.3 is 0 Å². The largest absolute Gasteiger partial charge is 0.348 e. The van der Waals surface area contributed by atoms with Crippen molar-refractivity contribution >= 4 is 0 Å². The van der Waals surface area contributed by atoms with E-state index in [0.717, 1.165) is 0 Å². The van der Waals surface area contributed by atoms with Crippen molar-refractivity contribution in [2.45, 2.75) is 44.6 Å². The van der Waals surface area contributed by atoms with Crippen molar-refractivity contribution in [2.75, 3.05) is 6.61 Å². The molecule has 3 atom stereocenters. The standard InChI is InChI=1S/C9H15NO4/c1-8(2)13-5-7(14-8)6-4-9(6,3)10(11)12/h6-7H,4-5H2,1-3H3/t6-,7+,9+/m0/s1. The molecule has 0 spiro atoms. The van der Waals surface area contributed by atoms with Crippen molar-refractivity contribution < 1.29 is 14.4 Å². The van der Waals surface area contributed by atoms with E-state index in [4.69, 9.17) is 9.47 Å². The van der Waals surface area contributed by atoms with Gasteiger partial charge in [-0.25, -0.2) is 0 Å². The van der Waals surface area contributed by atoms with Crippen molar-refractivity contribution in [2.24, 2.45) is 5.92 Å². The fraction of sp³-hybridized carbons (Fsp3) is 1.00. The molecule has 80 valence electrons. The highest BCUT2D eigenvalue weighted by atomic mass is 16.7. The van der Waals surface area contributed by atoms with Crippen LogP contribution in [0.5, 0.6) is 0 Å². The summed E-state index contributed by atoms with van der Waals surface area (Å²) in [6, 6.07) is 0. The van der Waals surface area contributed by atoms with Crippen molar-refractivity contribution in [1.29, 1.82) is 0 Å². The molecule has 5 nitrogen and oxygen atoms in total. The first-order valence-electron chi connectivity index (χ1n) is 4.81. The van der Waals surface area contributed by atoms with Gasteiger partial charge < -0.3 is 9.47 Å². The molecule has 5 heteroatoms. The zero-order valence-corrected chi connectivity index (χ0v) is 8.65. The summed E-state index contributed by atoms with van der Waals surface area (Å²) in [7, 11) is 0. The lowest BCUT2D eigenvalue weighted by atomic mass is 10.1. The maximum absolute atomic E-state index is 10.7. The van der Waals surface area contributed by atoms with Gasteiger partial charge in [0.2, 0.25) is 5.54 Å². The Bertz CT molecular complexity index is 278. The Labute approximate surface area is 82.5 Å². The first kappa shape index (κ1) is 9.86. The number of rotatable bonds is 2. The fourth-order valence-electron chi connectivity index (χ4n) is 2.04. The molecule has 0 aromatic heterocycles. The second-order valence-electron chi connectivity index (χ2n) is 4.79. The molecule has 2 aliphatic rings. The van der Waals surface area contributed by atoms with Crippen LogP contribution < -0.4 is 0 Å². The van der Waals surface area contributed by atoms with Crippen LogP contribution in [-0.2, 0) is 9.47 Å². The van der Waals surface area contributed by atoms with Crippen LogP contribution in [0.15, 0.2) is 0 Å². The van der Waals surface area contributed by atoms with Gasteiger partial charge in [-0.2, -0.15) is 0 Å². The van der Waals surface area contributed by atoms with Gasteiger partial charge in [0.25, 0.3) is 0 Å². The second kappa shape index (κ2) is 2.67. The number of hydrogen-bond donors (Lipinski definition) is 0. The predicted molar refractivity (Wildman–Crippen MR) is 48.4 cm³/mol. The molecule has 0 radical (unpaired) electrons. The minimum atomic E-state index is -0.783. The summed E-state index contributed by atoms with van der Waals surface area (Å²) in [6.45, 7) is 5.81. The lowest BCUT2D eigenvalue weighted by molar-refractivity contribution is -0.538. The average molecular weight is 201 g/mol. The smallest absolute Gasteiger partial charge is 0.225 e. The van der Waals surface area contributed by atoms with Gasteiger partial charge in [0.1, 0.15) is 0 Å². The lowest BCUT2D eigenvalue weighted by Crippen LogP contribution is -2.28. The Morgan fingerprint density at radius 3 is 2.43 bits per heavy atom. The van der Waals surface area contributed by atoms with E-state index in [-0.39, 0.29) is 16.9 Å². The minimum Gasteiger partial charge on any atom is -0.348 e. The van der Waals surface area contributed by atoms with E-state index in [2.05, 4.69) is 0 Å². The molecule has 1 heterocycles. The average Bonchev–Trinajstić information content (AvgIpc) is 2.61. The van der Waals surface area contributed by atoms with Crippen LogP contribution in [0.2, 0.25) is 0 Å². The Morgan fingerprint density at radius 1 is 1.43 bits per heavy atom. The molecule has 1 aliphatic heterocycles. The summed E-state index contributed by atoms with van der Waals surface area (Å²) in [4.78, 5) is 10.5. The lowest BCUT2D eigenvalue weighted by Gasteiger charge is -2.17. The molecule has 14 heavy (non-hydrogen) atoms. The zero-order chi connectivity index (χ0) is 10.6. The number of nitrogens with zero attached hydrogens (tertiary/aromatic N) is 1. The van der Waals surface area contributed by atoms with Gasteiger partial charge in [-0.15, -0.1) is 0 Å². The maximum atomic E-state index is 10.7. The fourth-order valence-corrected chi connectivity index (χ4v) is 2.04. The molecule has 2 fully saturated rings. The van der Waals surface area contributed by atoms with Gasteiger partial charge in [0.15, 0.2) is 5.79 Å². The molecule has 1 saturated carbocycles. The molecule has 0 aromatic rings. The van der Waals surface area contributed by atoms with Crippen LogP contribution in [0.25, 0.3) is 0 Å². The molecule has 1 aliphatic carbocycles. The van der Waals surface area contributed by atoms with E-state index < -0.39 is 11.3 Å².